The molecule has 0 fully saturated rings. The maximum atomic E-state index is 11.3. The lowest BCUT2D eigenvalue weighted by Crippen LogP contribution is -2.24. The number of nitrogens with one attached hydrogen (secondary N) is 1. The van der Waals surface area contributed by atoms with Crippen LogP contribution in [0.15, 0.2) is 29.2 Å². The summed E-state index contributed by atoms with van der Waals surface area (Å²) >= 11 is 0. The van der Waals surface area contributed by atoms with Crippen molar-refractivity contribution in [2.75, 3.05) is 19.3 Å². The fourth-order valence-corrected chi connectivity index (χ4v) is 2.38. The van der Waals surface area contributed by atoms with Gasteiger partial charge in [0.25, 0.3) is 0 Å². The first-order valence-electron chi connectivity index (χ1n) is 6.31. The molecule has 0 saturated carbocycles. The standard InChI is InChI=1S/C14H23NO2S/c1-11(2)9-15-10-12(3)13-5-7-14(8-6-13)18(4,16)17/h5-8,11-12,15H,9-10H2,1-4H3. The third-order valence-corrected chi connectivity index (χ3v) is 4.01. The third kappa shape index (κ3) is 4.78. The van der Waals surface area contributed by atoms with Crippen LogP contribution < -0.4 is 5.32 Å². The number of sulfone groups is 1. The molecule has 0 bridgehead atoms. The number of hydrogen-bond donors (Lipinski definition) is 1. The van der Waals surface area contributed by atoms with E-state index in [-0.39, 0.29) is 0 Å². The summed E-state index contributed by atoms with van der Waals surface area (Å²) in [7, 11) is -3.09. The number of benzene rings is 1. The molecule has 3 nitrogen and oxygen atoms in total. The summed E-state index contributed by atoms with van der Waals surface area (Å²) < 4.78 is 22.7. The Morgan fingerprint density at radius 3 is 2.06 bits per heavy atom. The van der Waals surface area contributed by atoms with Crippen molar-refractivity contribution in [1.29, 1.82) is 0 Å². The second-order valence-corrected chi connectivity index (χ2v) is 7.31. The summed E-state index contributed by atoms with van der Waals surface area (Å²) in [5.74, 6) is 1.03. The van der Waals surface area contributed by atoms with Crippen molar-refractivity contribution >= 4 is 9.84 Å². The fourth-order valence-electron chi connectivity index (χ4n) is 1.75. The Morgan fingerprint density at radius 1 is 1.06 bits per heavy atom. The molecule has 0 aliphatic carbocycles. The molecule has 1 rings (SSSR count). The summed E-state index contributed by atoms with van der Waals surface area (Å²) in [5, 5.41) is 3.41. The van der Waals surface area contributed by atoms with E-state index < -0.39 is 9.84 Å². The molecule has 1 unspecified atom stereocenters. The van der Waals surface area contributed by atoms with Crippen LogP contribution >= 0.6 is 0 Å². The van der Waals surface area contributed by atoms with Gasteiger partial charge in [-0.15, -0.1) is 0 Å². The van der Waals surface area contributed by atoms with Crippen LogP contribution in [0.3, 0.4) is 0 Å². The lowest BCUT2D eigenvalue weighted by Gasteiger charge is -2.14. The van der Waals surface area contributed by atoms with Crippen LogP contribution in [-0.4, -0.2) is 27.8 Å². The molecule has 102 valence electrons. The Kier molecular flexibility index (Phi) is 5.35. The molecule has 0 spiro atoms. The molecule has 18 heavy (non-hydrogen) atoms. The maximum Gasteiger partial charge on any atom is 0.175 e. The van der Waals surface area contributed by atoms with Crippen molar-refractivity contribution in [3.63, 3.8) is 0 Å². The minimum absolute atomic E-state index is 0.383. The molecule has 0 heterocycles. The van der Waals surface area contributed by atoms with Crippen LogP contribution in [-0.2, 0) is 9.84 Å². The van der Waals surface area contributed by atoms with Gasteiger partial charge >= 0.3 is 0 Å². The van der Waals surface area contributed by atoms with Crippen molar-refractivity contribution in [2.45, 2.75) is 31.6 Å². The zero-order valence-corrected chi connectivity index (χ0v) is 12.4. The van der Waals surface area contributed by atoms with Gasteiger partial charge in [-0.05, 0) is 36.1 Å². The smallest absolute Gasteiger partial charge is 0.175 e. The molecule has 0 aliphatic heterocycles. The summed E-state index contributed by atoms with van der Waals surface area (Å²) in [6.45, 7) is 8.42. The van der Waals surface area contributed by atoms with E-state index in [4.69, 9.17) is 0 Å². The Bertz CT molecular complexity index is 463. The van der Waals surface area contributed by atoms with E-state index in [1.165, 1.54) is 11.8 Å². The zero-order valence-electron chi connectivity index (χ0n) is 11.6. The molecule has 0 radical (unpaired) electrons. The Labute approximate surface area is 111 Å². The zero-order chi connectivity index (χ0) is 13.8. The van der Waals surface area contributed by atoms with E-state index in [0.29, 0.717) is 16.7 Å². The summed E-state index contributed by atoms with van der Waals surface area (Å²) in [4.78, 5) is 0.383. The molecule has 1 aromatic rings. The highest BCUT2D eigenvalue weighted by molar-refractivity contribution is 7.90. The van der Waals surface area contributed by atoms with Crippen LogP contribution in [0, 0.1) is 5.92 Å². The van der Waals surface area contributed by atoms with Gasteiger partial charge in [0.15, 0.2) is 9.84 Å². The van der Waals surface area contributed by atoms with Gasteiger partial charge in [0.05, 0.1) is 4.90 Å². The minimum Gasteiger partial charge on any atom is -0.316 e. The molecule has 1 N–H and O–H groups in total. The van der Waals surface area contributed by atoms with E-state index in [2.05, 4.69) is 26.1 Å². The van der Waals surface area contributed by atoms with Crippen LogP contribution in [0.4, 0.5) is 0 Å². The van der Waals surface area contributed by atoms with Crippen molar-refractivity contribution in [3.05, 3.63) is 29.8 Å². The minimum atomic E-state index is -3.09. The van der Waals surface area contributed by atoms with Gasteiger partial charge in [0.2, 0.25) is 0 Å². The van der Waals surface area contributed by atoms with Crippen molar-refractivity contribution in [1.82, 2.24) is 5.32 Å². The molecular weight excluding hydrogens is 246 g/mol. The Hall–Kier alpha value is -0.870. The van der Waals surface area contributed by atoms with Gasteiger partial charge in [0, 0.05) is 12.8 Å². The first-order chi connectivity index (χ1) is 8.30. The second kappa shape index (κ2) is 6.34. The lowest BCUT2D eigenvalue weighted by atomic mass is 10.0. The summed E-state index contributed by atoms with van der Waals surface area (Å²) in [6.07, 6.45) is 1.23. The number of hydrogen-bond acceptors (Lipinski definition) is 3. The molecule has 1 aromatic carbocycles. The molecule has 0 amide bonds. The average Bonchev–Trinajstić information content (AvgIpc) is 2.27. The van der Waals surface area contributed by atoms with E-state index in [1.807, 2.05) is 12.1 Å². The van der Waals surface area contributed by atoms with Crippen molar-refractivity contribution in [3.8, 4) is 0 Å². The van der Waals surface area contributed by atoms with Crippen LogP contribution in [0.5, 0.6) is 0 Å². The first kappa shape index (κ1) is 15.2. The molecule has 0 saturated heterocycles. The first-order valence-corrected chi connectivity index (χ1v) is 8.20. The lowest BCUT2D eigenvalue weighted by molar-refractivity contribution is 0.528. The van der Waals surface area contributed by atoms with Crippen molar-refractivity contribution in [2.24, 2.45) is 5.92 Å². The average molecular weight is 269 g/mol. The molecule has 1 atom stereocenters. The maximum absolute atomic E-state index is 11.3. The fraction of sp³-hybridized carbons (Fsp3) is 0.571. The van der Waals surface area contributed by atoms with E-state index in [9.17, 15) is 8.42 Å². The predicted molar refractivity (Wildman–Crippen MR) is 75.7 cm³/mol. The largest absolute Gasteiger partial charge is 0.316 e. The highest BCUT2D eigenvalue weighted by Crippen LogP contribution is 2.17. The van der Waals surface area contributed by atoms with Crippen molar-refractivity contribution < 1.29 is 8.42 Å². The highest BCUT2D eigenvalue weighted by atomic mass is 32.2. The van der Waals surface area contributed by atoms with Gasteiger partial charge in [-0.1, -0.05) is 32.9 Å². The van der Waals surface area contributed by atoms with Gasteiger partial charge < -0.3 is 5.32 Å². The van der Waals surface area contributed by atoms with Crippen LogP contribution in [0.25, 0.3) is 0 Å². The Morgan fingerprint density at radius 2 is 1.61 bits per heavy atom. The number of rotatable bonds is 6. The van der Waals surface area contributed by atoms with Gasteiger partial charge in [-0.25, -0.2) is 8.42 Å². The highest BCUT2D eigenvalue weighted by Gasteiger charge is 2.09. The molecule has 0 aliphatic rings. The SMILES string of the molecule is CC(C)CNCC(C)c1ccc(S(C)(=O)=O)cc1. The summed E-state index contributed by atoms with van der Waals surface area (Å²) in [6, 6.07) is 7.17. The predicted octanol–water partition coefficient (Wildman–Crippen LogP) is 2.44. The second-order valence-electron chi connectivity index (χ2n) is 5.29. The summed E-state index contributed by atoms with van der Waals surface area (Å²) in [5.41, 5.74) is 1.17. The van der Waals surface area contributed by atoms with E-state index in [1.54, 1.807) is 12.1 Å². The van der Waals surface area contributed by atoms with Gasteiger partial charge in [-0.3, -0.25) is 0 Å². The third-order valence-electron chi connectivity index (χ3n) is 2.88. The molecule has 0 aromatic heterocycles. The molecule has 4 heteroatoms. The van der Waals surface area contributed by atoms with Gasteiger partial charge in [-0.2, -0.15) is 0 Å². The van der Waals surface area contributed by atoms with Crippen LogP contribution in [0.1, 0.15) is 32.3 Å². The topological polar surface area (TPSA) is 46.2 Å². The monoisotopic (exact) mass is 269 g/mol. The molecular formula is C14H23NO2S. The Balaban J connectivity index is 2.62. The normalized spacial score (nSPS) is 13.8. The van der Waals surface area contributed by atoms with E-state index >= 15 is 0 Å². The van der Waals surface area contributed by atoms with Crippen LogP contribution in [0.2, 0.25) is 0 Å². The van der Waals surface area contributed by atoms with E-state index in [0.717, 1.165) is 13.1 Å². The quantitative estimate of drug-likeness (QED) is 0.863. The van der Waals surface area contributed by atoms with Gasteiger partial charge in [0.1, 0.15) is 0 Å².